The Morgan fingerprint density at radius 1 is 1.13 bits per heavy atom. The third-order valence-corrected chi connectivity index (χ3v) is 7.22. The fourth-order valence-corrected chi connectivity index (χ4v) is 5.28. The minimum atomic E-state index is -4.02. The number of nitrogens with zero attached hydrogens (tertiary/aromatic N) is 1. The number of rotatable bonds is 8. The predicted octanol–water partition coefficient (Wildman–Crippen LogP) is 3.92. The van der Waals surface area contributed by atoms with Crippen molar-refractivity contribution in [2.24, 2.45) is 0 Å². The monoisotopic (exact) mass is 460 g/mol. The Morgan fingerprint density at radius 2 is 1.84 bits per heavy atom. The third-order valence-electron chi connectivity index (χ3n) is 4.35. The standard InChI is InChI=1S/C21H20N2O6S2/c1-3-29-17-9-7-16(8-10-17)23(2)31(27,28)18-11-12-30-19(18)20(24)22-15-6-4-5-14(13-15)21(25)26/h4-13H,3H2,1-2H3,(H,22,24)(H,25,26). The zero-order chi connectivity index (χ0) is 22.6. The van der Waals surface area contributed by atoms with Crippen LogP contribution < -0.4 is 14.4 Å². The van der Waals surface area contributed by atoms with E-state index in [0.717, 1.165) is 15.6 Å². The van der Waals surface area contributed by atoms with Crippen molar-refractivity contribution in [2.75, 3.05) is 23.3 Å². The first kappa shape index (κ1) is 22.3. The Hall–Kier alpha value is -3.37. The molecule has 3 aromatic rings. The Kier molecular flexibility index (Phi) is 6.62. The molecular weight excluding hydrogens is 440 g/mol. The van der Waals surface area contributed by atoms with Crippen molar-refractivity contribution in [1.29, 1.82) is 0 Å². The van der Waals surface area contributed by atoms with Crippen molar-refractivity contribution < 1.29 is 27.9 Å². The summed E-state index contributed by atoms with van der Waals surface area (Å²) in [7, 11) is -2.61. The molecule has 8 nitrogen and oxygen atoms in total. The van der Waals surface area contributed by atoms with Crippen molar-refractivity contribution in [3.63, 3.8) is 0 Å². The van der Waals surface area contributed by atoms with E-state index in [4.69, 9.17) is 9.84 Å². The Balaban J connectivity index is 1.86. The molecule has 2 aromatic carbocycles. The highest BCUT2D eigenvalue weighted by atomic mass is 32.2. The molecular formula is C21H20N2O6S2. The lowest BCUT2D eigenvalue weighted by molar-refractivity contribution is 0.0696. The van der Waals surface area contributed by atoms with Gasteiger partial charge in [0.2, 0.25) is 0 Å². The number of carbonyl (C=O) groups is 2. The lowest BCUT2D eigenvalue weighted by Gasteiger charge is -2.20. The zero-order valence-corrected chi connectivity index (χ0v) is 18.4. The molecule has 3 rings (SSSR count). The lowest BCUT2D eigenvalue weighted by atomic mass is 10.2. The summed E-state index contributed by atoms with van der Waals surface area (Å²) in [6.07, 6.45) is 0. The summed E-state index contributed by atoms with van der Waals surface area (Å²) in [6, 6.07) is 13.6. The molecule has 0 radical (unpaired) electrons. The quantitative estimate of drug-likeness (QED) is 0.527. The lowest BCUT2D eigenvalue weighted by Crippen LogP contribution is -2.28. The molecule has 162 valence electrons. The van der Waals surface area contributed by atoms with Crippen molar-refractivity contribution in [3.05, 3.63) is 70.4 Å². The van der Waals surface area contributed by atoms with Crippen molar-refractivity contribution in [1.82, 2.24) is 0 Å². The fraction of sp³-hybridized carbons (Fsp3) is 0.143. The van der Waals surface area contributed by atoms with Crippen LogP contribution in [0.25, 0.3) is 0 Å². The number of sulfonamides is 1. The number of hydrogen-bond acceptors (Lipinski definition) is 6. The number of benzene rings is 2. The van der Waals surface area contributed by atoms with Gasteiger partial charge in [0.05, 0.1) is 17.9 Å². The van der Waals surface area contributed by atoms with E-state index in [1.54, 1.807) is 24.3 Å². The van der Waals surface area contributed by atoms with Gasteiger partial charge in [-0.15, -0.1) is 11.3 Å². The van der Waals surface area contributed by atoms with E-state index in [9.17, 15) is 18.0 Å². The van der Waals surface area contributed by atoms with Gasteiger partial charge in [0.15, 0.2) is 0 Å². The van der Waals surface area contributed by atoms with E-state index >= 15 is 0 Å². The molecule has 0 aliphatic heterocycles. The third kappa shape index (κ3) is 4.86. The van der Waals surface area contributed by atoms with Crippen LogP contribution in [0.15, 0.2) is 64.9 Å². The molecule has 1 aromatic heterocycles. The molecule has 1 amide bonds. The highest BCUT2D eigenvalue weighted by Crippen LogP contribution is 2.29. The van der Waals surface area contributed by atoms with Crippen LogP contribution in [0.1, 0.15) is 27.0 Å². The minimum Gasteiger partial charge on any atom is -0.494 e. The molecule has 0 atom stereocenters. The summed E-state index contributed by atoms with van der Waals surface area (Å²) in [5.74, 6) is -1.15. The van der Waals surface area contributed by atoms with Crippen molar-refractivity contribution >= 4 is 44.6 Å². The van der Waals surface area contributed by atoms with E-state index in [2.05, 4.69) is 5.32 Å². The van der Waals surface area contributed by atoms with Crippen molar-refractivity contribution in [2.45, 2.75) is 11.8 Å². The second kappa shape index (κ2) is 9.19. The van der Waals surface area contributed by atoms with Crippen LogP contribution in [-0.2, 0) is 10.0 Å². The summed E-state index contributed by atoms with van der Waals surface area (Å²) < 4.78 is 32.8. The largest absolute Gasteiger partial charge is 0.494 e. The summed E-state index contributed by atoms with van der Waals surface area (Å²) in [6.45, 7) is 2.35. The molecule has 0 saturated carbocycles. The van der Waals surface area contributed by atoms with E-state index in [1.807, 2.05) is 6.92 Å². The molecule has 0 unspecified atom stereocenters. The second-order valence-corrected chi connectivity index (χ2v) is 9.21. The van der Waals surface area contributed by atoms with Crippen LogP contribution in [0, 0.1) is 0 Å². The number of ether oxygens (including phenoxy) is 1. The second-order valence-electron chi connectivity index (χ2n) is 6.35. The van der Waals surface area contributed by atoms with Gasteiger partial charge in [-0.2, -0.15) is 0 Å². The zero-order valence-electron chi connectivity index (χ0n) is 16.7. The molecule has 0 saturated heterocycles. The van der Waals surface area contributed by atoms with Gasteiger partial charge in [0.25, 0.3) is 15.9 Å². The number of nitrogens with one attached hydrogen (secondary N) is 1. The van der Waals surface area contributed by atoms with Crippen LogP contribution >= 0.6 is 11.3 Å². The van der Waals surface area contributed by atoms with Gasteiger partial charge in [-0.25, -0.2) is 13.2 Å². The van der Waals surface area contributed by atoms with E-state index in [-0.39, 0.29) is 21.0 Å². The molecule has 0 aliphatic rings. The van der Waals surface area contributed by atoms with Crippen LogP contribution in [0.4, 0.5) is 11.4 Å². The smallest absolute Gasteiger partial charge is 0.335 e. The first-order chi connectivity index (χ1) is 14.7. The number of hydrogen-bond donors (Lipinski definition) is 2. The SMILES string of the molecule is CCOc1ccc(N(C)S(=O)(=O)c2ccsc2C(=O)Nc2cccc(C(=O)O)c2)cc1. The van der Waals surface area contributed by atoms with Crippen LogP contribution in [0.5, 0.6) is 5.75 Å². The summed E-state index contributed by atoms with van der Waals surface area (Å²) >= 11 is 0.982. The van der Waals surface area contributed by atoms with Gasteiger partial charge in [-0.05, 0) is 60.8 Å². The van der Waals surface area contributed by atoms with Gasteiger partial charge < -0.3 is 15.2 Å². The molecule has 2 N–H and O–H groups in total. The molecule has 0 fully saturated rings. The highest BCUT2D eigenvalue weighted by Gasteiger charge is 2.28. The molecule has 0 spiro atoms. The molecule has 10 heteroatoms. The predicted molar refractivity (Wildman–Crippen MR) is 119 cm³/mol. The number of anilines is 2. The molecule has 1 heterocycles. The van der Waals surface area contributed by atoms with E-state index in [0.29, 0.717) is 18.0 Å². The van der Waals surface area contributed by atoms with Crippen molar-refractivity contribution in [3.8, 4) is 5.75 Å². The average Bonchev–Trinajstić information content (AvgIpc) is 3.25. The number of thiophene rings is 1. The summed E-state index contributed by atoms with van der Waals surface area (Å²) in [5.41, 5.74) is 0.670. The Bertz CT molecular complexity index is 1200. The van der Waals surface area contributed by atoms with Gasteiger partial charge in [-0.3, -0.25) is 9.10 Å². The first-order valence-corrected chi connectivity index (χ1v) is 11.5. The Morgan fingerprint density at radius 3 is 2.48 bits per heavy atom. The topological polar surface area (TPSA) is 113 Å². The van der Waals surface area contributed by atoms with Gasteiger partial charge in [-0.1, -0.05) is 6.07 Å². The minimum absolute atomic E-state index is 0.00138. The van der Waals surface area contributed by atoms with Gasteiger partial charge in [0.1, 0.15) is 15.5 Å². The van der Waals surface area contributed by atoms with Crippen LogP contribution in [-0.4, -0.2) is 39.1 Å². The highest BCUT2D eigenvalue weighted by molar-refractivity contribution is 7.93. The van der Waals surface area contributed by atoms with Gasteiger partial charge >= 0.3 is 5.97 Å². The maximum atomic E-state index is 13.2. The fourth-order valence-electron chi connectivity index (χ4n) is 2.79. The normalized spacial score (nSPS) is 11.0. The summed E-state index contributed by atoms with van der Waals surface area (Å²) in [5, 5.41) is 13.2. The van der Waals surface area contributed by atoms with E-state index in [1.165, 1.54) is 42.8 Å². The van der Waals surface area contributed by atoms with E-state index < -0.39 is 21.9 Å². The van der Waals surface area contributed by atoms with Crippen LogP contribution in [0.3, 0.4) is 0 Å². The van der Waals surface area contributed by atoms with Gasteiger partial charge in [0, 0.05) is 12.7 Å². The maximum Gasteiger partial charge on any atom is 0.335 e. The molecule has 31 heavy (non-hydrogen) atoms. The first-order valence-electron chi connectivity index (χ1n) is 9.18. The number of carbonyl (C=O) groups excluding carboxylic acids is 1. The molecule has 0 bridgehead atoms. The number of amides is 1. The number of aromatic carboxylic acids is 1. The number of carboxylic acid groups (broad SMARTS) is 1. The maximum absolute atomic E-state index is 13.2. The number of carboxylic acids is 1. The van der Waals surface area contributed by atoms with Crippen LogP contribution in [0.2, 0.25) is 0 Å². The summed E-state index contributed by atoms with van der Waals surface area (Å²) in [4.78, 5) is 23.7. The average molecular weight is 461 g/mol. The molecule has 0 aliphatic carbocycles. The Labute approximate surface area is 183 Å².